The van der Waals surface area contributed by atoms with Crippen molar-refractivity contribution in [2.75, 3.05) is 13.2 Å². The van der Waals surface area contributed by atoms with E-state index in [0.717, 1.165) is 11.5 Å². The molecule has 0 saturated carbocycles. The smallest absolute Gasteiger partial charge is 0.161 e. The van der Waals surface area contributed by atoms with E-state index in [1.165, 1.54) is 18.4 Å². The summed E-state index contributed by atoms with van der Waals surface area (Å²) in [5.74, 6) is 2.32. The van der Waals surface area contributed by atoms with Crippen LogP contribution in [0.15, 0.2) is 18.2 Å². The molecule has 1 atom stereocenters. The van der Waals surface area contributed by atoms with E-state index in [1.54, 1.807) is 0 Å². The fourth-order valence-electron chi connectivity index (χ4n) is 2.21. The van der Waals surface area contributed by atoms with Gasteiger partial charge < -0.3 is 9.47 Å². The van der Waals surface area contributed by atoms with Crippen molar-refractivity contribution < 1.29 is 9.47 Å². The van der Waals surface area contributed by atoms with Crippen LogP contribution >= 0.6 is 15.9 Å². The topological polar surface area (TPSA) is 18.5 Å². The van der Waals surface area contributed by atoms with Crippen LogP contribution in [0, 0.1) is 5.92 Å². The van der Waals surface area contributed by atoms with E-state index in [9.17, 15) is 0 Å². The van der Waals surface area contributed by atoms with Crippen molar-refractivity contribution in [1.82, 2.24) is 0 Å². The number of ether oxygens (including phenoxy) is 2. The SMILES string of the molecule is CCOc1ccc(C(Br)C(CC)CC)cc1OCC. The van der Waals surface area contributed by atoms with Gasteiger partial charge >= 0.3 is 0 Å². The fraction of sp³-hybridized carbons (Fsp3) is 0.625. The van der Waals surface area contributed by atoms with Gasteiger partial charge in [-0.1, -0.05) is 48.7 Å². The van der Waals surface area contributed by atoms with Crippen molar-refractivity contribution in [1.29, 1.82) is 0 Å². The maximum Gasteiger partial charge on any atom is 0.161 e. The molecule has 1 aromatic rings. The molecule has 19 heavy (non-hydrogen) atoms. The molecular weight excluding hydrogens is 304 g/mol. The van der Waals surface area contributed by atoms with Gasteiger partial charge in [0.15, 0.2) is 11.5 Å². The van der Waals surface area contributed by atoms with Gasteiger partial charge in [-0.2, -0.15) is 0 Å². The number of alkyl halides is 1. The highest BCUT2D eigenvalue weighted by atomic mass is 79.9. The Bertz CT molecular complexity index is 375. The van der Waals surface area contributed by atoms with E-state index in [2.05, 4.69) is 41.9 Å². The molecule has 0 aliphatic carbocycles. The second kappa shape index (κ2) is 8.47. The van der Waals surface area contributed by atoms with E-state index in [-0.39, 0.29) is 0 Å². The molecule has 2 nitrogen and oxygen atoms in total. The zero-order valence-electron chi connectivity index (χ0n) is 12.4. The van der Waals surface area contributed by atoms with Gasteiger partial charge in [-0.15, -0.1) is 0 Å². The molecule has 0 radical (unpaired) electrons. The summed E-state index contributed by atoms with van der Waals surface area (Å²) in [7, 11) is 0. The summed E-state index contributed by atoms with van der Waals surface area (Å²) < 4.78 is 11.3. The number of hydrogen-bond acceptors (Lipinski definition) is 2. The Hall–Kier alpha value is -0.700. The Kier molecular flexibility index (Phi) is 7.29. The monoisotopic (exact) mass is 328 g/mol. The molecule has 0 N–H and O–H groups in total. The lowest BCUT2D eigenvalue weighted by atomic mass is 9.94. The molecule has 1 unspecified atom stereocenters. The van der Waals surface area contributed by atoms with Crippen LogP contribution in [0.25, 0.3) is 0 Å². The maximum atomic E-state index is 5.68. The molecule has 0 saturated heterocycles. The second-order valence-electron chi connectivity index (χ2n) is 4.55. The van der Waals surface area contributed by atoms with Crippen LogP contribution in [-0.4, -0.2) is 13.2 Å². The number of benzene rings is 1. The Morgan fingerprint density at radius 3 is 2.05 bits per heavy atom. The molecule has 1 rings (SSSR count). The minimum absolute atomic E-state index is 0.373. The molecule has 0 aliphatic rings. The number of halogens is 1. The number of rotatable bonds is 8. The molecule has 0 aliphatic heterocycles. The third-order valence-corrected chi connectivity index (χ3v) is 4.62. The van der Waals surface area contributed by atoms with Crippen molar-refractivity contribution in [3.63, 3.8) is 0 Å². The van der Waals surface area contributed by atoms with Crippen LogP contribution in [0.1, 0.15) is 50.9 Å². The zero-order valence-corrected chi connectivity index (χ0v) is 14.0. The first-order valence-electron chi connectivity index (χ1n) is 7.21. The fourth-order valence-corrected chi connectivity index (χ4v) is 3.25. The Morgan fingerprint density at radius 2 is 1.53 bits per heavy atom. The van der Waals surface area contributed by atoms with Crippen molar-refractivity contribution in [2.45, 2.75) is 45.4 Å². The van der Waals surface area contributed by atoms with E-state index < -0.39 is 0 Å². The first-order valence-corrected chi connectivity index (χ1v) is 8.12. The largest absolute Gasteiger partial charge is 0.490 e. The van der Waals surface area contributed by atoms with E-state index >= 15 is 0 Å². The van der Waals surface area contributed by atoms with Crippen LogP contribution in [-0.2, 0) is 0 Å². The summed E-state index contributed by atoms with van der Waals surface area (Å²) in [6.07, 6.45) is 2.34. The van der Waals surface area contributed by atoms with Crippen LogP contribution in [0.3, 0.4) is 0 Å². The molecule has 0 aromatic heterocycles. The predicted octanol–water partition coefficient (Wildman–Crippen LogP) is 5.36. The summed E-state index contributed by atoms with van der Waals surface area (Å²) in [6, 6.07) is 6.25. The van der Waals surface area contributed by atoms with Gasteiger partial charge in [0, 0.05) is 4.83 Å². The molecule has 0 amide bonds. The van der Waals surface area contributed by atoms with Crippen LogP contribution < -0.4 is 9.47 Å². The Labute approximate surface area is 125 Å². The van der Waals surface area contributed by atoms with Gasteiger partial charge in [-0.3, -0.25) is 0 Å². The van der Waals surface area contributed by atoms with Gasteiger partial charge in [0.2, 0.25) is 0 Å². The van der Waals surface area contributed by atoms with Gasteiger partial charge in [-0.25, -0.2) is 0 Å². The summed E-state index contributed by atoms with van der Waals surface area (Å²) in [4.78, 5) is 0.373. The first-order chi connectivity index (χ1) is 9.17. The van der Waals surface area contributed by atoms with Gasteiger partial charge in [0.25, 0.3) is 0 Å². The molecule has 3 heteroatoms. The molecule has 0 spiro atoms. The standard InChI is InChI=1S/C16H25BrO2/c1-5-12(6-2)16(17)13-9-10-14(18-7-3)15(11-13)19-8-4/h9-12,16H,5-8H2,1-4H3. The van der Waals surface area contributed by atoms with Crippen LogP contribution in [0.4, 0.5) is 0 Å². The first kappa shape index (κ1) is 16.4. The lowest BCUT2D eigenvalue weighted by Crippen LogP contribution is -2.06. The molecule has 0 fully saturated rings. The lowest BCUT2D eigenvalue weighted by Gasteiger charge is -2.21. The highest BCUT2D eigenvalue weighted by Gasteiger charge is 2.19. The van der Waals surface area contributed by atoms with Crippen molar-refractivity contribution >= 4 is 15.9 Å². The van der Waals surface area contributed by atoms with Crippen LogP contribution in [0.2, 0.25) is 0 Å². The molecular formula is C16H25BrO2. The maximum absolute atomic E-state index is 5.68. The minimum Gasteiger partial charge on any atom is -0.490 e. The van der Waals surface area contributed by atoms with Crippen molar-refractivity contribution in [3.8, 4) is 11.5 Å². The Balaban J connectivity index is 2.99. The van der Waals surface area contributed by atoms with Gasteiger partial charge in [-0.05, 0) is 37.5 Å². The molecule has 108 valence electrons. The quantitative estimate of drug-likeness (QED) is 0.598. The predicted molar refractivity (Wildman–Crippen MR) is 84.5 cm³/mol. The summed E-state index contributed by atoms with van der Waals surface area (Å²) in [5.41, 5.74) is 1.26. The second-order valence-corrected chi connectivity index (χ2v) is 5.54. The highest BCUT2D eigenvalue weighted by Crippen LogP contribution is 2.39. The van der Waals surface area contributed by atoms with E-state index in [1.807, 2.05) is 19.9 Å². The summed E-state index contributed by atoms with van der Waals surface area (Å²) >= 11 is 3.83. The molecule has 0 bridgehead atoms. The summed E-state index contributed by atoms with van der Waals surface area (Å²) in [5, 5.41) is 0. The summed E-state index contributed by atoms with van der Waals surface area (Å²) in [6.45, 7) is 9.77. The highest BCUT2D eigenvalue weighted by molar-refractivity contribution is 9.09. The normalized spacial score (nSPS) is 12.5. The number of hydrogen-bond donors (Lipinski definition) is 0. The van der Waals surface area contributed by atoms with Crippen molar-refractivity contribution in [3.05, 3.63) is 23.8 Å². The van der Waals surface area contributed by atoms with Crippen LogP contribution in [0.5, 0.6) is 11.5 Å². The third-order valence-electron chi connectivity index (χ3n) is 3.35. The average molecular weight is 329 g/mol. The molecule has 0 heterocycles. The van der Waals surface area contributed by atoms with Gasteiger partial charge in [0.1, 0.15) is 0 Å². The van der Waals surface area contributed by atoms with Gasteiger partial charge in [0.05, 0.1) is 13.2 Å². The third kappa shape index (κ3) is 4.41. The molecule has 1 aromatic carbocycles. The van der Waals surface area contributed by atoms with E-state index in [4.69, 9.17) is 9.47 Å². The lowest BCUT2D eigenvalue weighted by molar-refractivity contribution is 0.287. The van der Waals surface area contributed by atoms with E-state index in [0.29, 0.717) is 24.0 Å². The minimum atomic E-state index is 0.373. The zero-order chi connectivity index (χ0) is 14.3. The van der Waals surface area contributed by atoms with Crippen molar-refractivity contribution in [2.24, 2.45) is 5.92 Å². The Morgan fingerprint density at radius 1 is 0.947 bits per heavy atom. The average Bonchev–Trinajstić information content (AvgIpc) is 2.42.